The van der Waals surface area contributed by atoms with Gasteiger partial charge in [-0.05, 0) is 37.5 Å². The van der Waals surface area contributed by atoms with Gasteiger partial charge in [-0.1, -0.05) is 31.9 Å². The molecule has 1 fully saturated rings. The predicted octanol–water partition coefficient (Wildman–Crippen LogP) is 3.50. The fourth-order valence-corrected chi connectivity index (χ4v) is 4.49. The molecule has 0 aliphatic carbocycles. The molecule has 0 saturated carbocycles. The molecule has 23 heavy (non-hydrogen) atoms. The molecule has 7 heteroatoms. The second-order valence-corrected chi connectivity index (χ2v) is 8.22. The van der Waals surface area contributed by atoms with Crippen molar-refractivity contribution in [2.24, 2.45) is 5.92 Å². The minimum Gasteiger partial charge on any atom is -0.326 e. The Kier molecular flexibility index (Phi) is 6.06. The molecule has 1 N–H and O–H groups in total. The Morgan fingerprint density at radius 1 is 1.30 bits per heavy atom. The first-order valence-corrected chi connectivity index (χ1v) is 9.78. The smallest absolute Gasteiger partial charge is 0.244 e. The van der Waals surface area contributed by atoms with Gasteiger partial charge in [0.25, 0.3) is 0 Å². The first-order valence-electron chi connectivity index (χ1n) is 7.97. The number of nitrogens with one attached hydrogen (secondary N) is 1. The van der Waals surface area contributed by atoms with Crippen molar-refractivity contribution in [3.63, 3.8) is 0 Å². The third kappa shape index (κ3) is 4.25. The van der Waals surface area contributed by atoms with Crippen molar-refractivity contribution in [2.45, 2.75) is 44.4 Å². The minimum absolute atomic E-state index is 0.0584. The Hall–Kier alpha value is -1.11. The molecule has 5 nitrogen and oxygen atoms in total. The number of sulfonamides is 1. The Morgan fingerprint density at radius 2 is 1.96 bits per heavy atom. The molecule has 1 aliphatic heterocycles. The molecule has 0 spiro atoms. The summed E-state index contributed by atoms with van der Waals surface area (Å²) < 4.78 is 27.0. The lowest BCUT2D eigenvalue weighted by Crippen LogP contribution is -2.35. The van der Waals surface area contributed by atoms with E-state index in [-0.39, 0.29) is 21.7 Å². The monoisotopic (exact) mass is 358 g/mol. The summed E-state index contributed by atoms with van der Waals surface area (Å²) in [5.74, 6) is -0.260. The SMILES string of the molecule is CC[C@H](C)C(=O)Nc1ccc(Cl)c(S(=O)(=O)N2CCCCC2)c1. The zero-order valence-electron chi connectivity index (χ0n) is 13.5. The van der Waals surface area contributed by atoms with E-state index in [1.165, 1.54) is 16.4 Å². The molecule has 1 aromatic carbocycles. The molecule has 0 radical (unpaired) electrons. The standard InChI is InChI=1S/C16H23ClN2O3S/c1-3-12(2)16(20)18-13-7-8-14(17)15(11-13)23(21,22)19-9-5-4-6-10-19/h7-8,11-12H,3-6,9-10H2,1-2H3,(H,18,20)/t12-/m0/s1. The summed E-state index contributed by atoms with van der Waals surface area (Å²) in [6.07, 6.45) is 3.49. The van der Waals surface area contributed by atoms with Crippen LogP contribution in [0.25, 0.3) is 0 Å². The van der Waals surface area contributed by atoms with E-state index in [1.807, 2.05) is 13.8 Å². The van der Waals surface area contributed by atoms with Crippen LogP contribution in [0, 0.1) is 5.92 Å². The molecule has 1 aliphatic rings. The number of halogens is 1. The van der Waals surface area contributed by atoms with Crippen molar-refractivity contribution in [2.75, 3.05) is 18.4 Å². The molecule has 0 bridgehead atoms. The second-order valence-electron chi connectivity index (χ2n) is 5.91. The van der Waals surface area contributed by atoms with Crippen molar-refractivity contribution in [3.05, 3.63) is 23.2 Å². The van der Waals surface area contributed by atoms with Crippen LogP contribution in [0.3, 0.4) is 0 Å². The number of rotatable bonds is 5. The number of amides is 1. The molecule has 2 rings (SSSR count). The van der Waals surface area contributed by atoms with Gasteiger partial charge in [0.1, 0.15) is 4.90 Å². The van der Waals surface area contributed by atoms with E-state index in [0.29, 0.717) is 18.8 Å². The zero-order chi connectivity index (χ0) is 17.0. The van der Waals surface area contributed by atoms with Gasteiger partial charge in [0.2, 0.25) is 15.9 Å². The van der Waals surface area contributed by atoms with E-state index < -0.39 is 10.0 Å². The van der Waals surface area contributed by atoms with Gasteiger partial charge >= 0.3 is 0 Å². The number of nitrogens with zero attached hydrogens (tertiary/aromatic N) is 1. The number of anilines is 1. The van der Waals surface area contributed by atoms with Gasteiger partial charge in [-0.25, -0.2) is 8.42 Å². The molecular formula is C16H23ClN2O3S. The highest BCUT2D eigenvalue weighted by molar-refractivity contribution is 7.89. The van der Waals surface area contributed by atoms with Gasteiger partial charge in [-0.15, -0.1) is 0 Å². The molecule has 1 heterocycles. The quantitative estimate of drug-likeness (QED) is 0.875. The van der Waals surface area contributed by atoms with E-state index in [9.17, 15) is 13.2 Å². The third-order valence-electron chi connectivity index (χ3n) is 4.19. The molecule has 1 atom stereocenters. The maximum absolute atomic E-state index is 12.8. The van der Waals surface area contributed by atoms with E-state index in [1.54, 1.807) is 6.07 Å². The van der Waals surface area contributed by atoms with Crippen LogP contribution in [-0.2, 0) is 14.8 Å². The summed E-state index contributed by atoms with van der Waals surface area (Å²) in [4.78, 5) is 12.0. The fourth-order valence-electron chi connectivity index (χ4n) is 2.47. The Bertz CT molecular complexity index is 670. The van der Waals surface area contributed by atoms with Crippen molar-refractivity contribution >= 4 is 33.2 Å². The number of hydrogen-bond acceptors (Lipinski definition) is 3. The van der Waals surface area contributed by atoms with Gasteiger partial charge in [0.15, 0.2) is 0 Å². The largest absolute Gasteiger partial charge is 0.326 e. The van der Waals surface area contributed by atoms with Gasteiger partial charge in [-0.3, -0.25) is 4.79 Å². The lowest BCUT2D eigenvalue weighted by Gasteiger charge is -2.26. The molecule has 1 saturated heterocycles. The van der Waals surface area contributed by atoms with Crippen LogP contribution >= 0.6 is 11.6 Å². The first kappa shape index (κ1) is 18.2. The van der Waals surface area contributed by atoms with Crippen LogP contribution in [0.15, 0.2) is 23.1 Å². The maximum Gasteiger partial charge on any atom is 0.244 e. The molecule has 0 unspecified atom stereocenters. The molecule has 1 amide bonds. The number of carbonyl (C=O) groups is 1. The number of piperidine rings is 1. The third-order valence-corrected chi connectivity index (χ3v) is 6.57. The highest BCUT2D eigenvalue weighted by Gasteiger charge is 2.28. The Balaban J connectivity index is 2.28. The van der Waals surface area contributed by atoms with Gasteiger partial charge < -0.3 is 5.32 Å². The summed E-state index contributed by atoms with van der Waals surface area (Å²) in [6, 6.07) is 4.59. The topological polar surface area (TPSA) is 66.5 Å². The molecule has 128 valence electrons. The van der Waals surface area contributed by atoms with E-state index >= 15 is 0 Å². The minimum atomic E-state index is -3.63. The fraction of sp³-hybridized carbons (Fsp3) is 0.562. The lowest BCUT2D eigenvalue weighted by atomic mass is 10.1. The van der Waals surface area contributed by atoms with E-state index in [2.05, 4.69) is 5.32 Å². The van der Waals surface area contributed by atoms with Crippen LogP contribution in [0.5, 0.6) is 0 Å². The molecular weight excluding hydrogens is 336 g/mol. The van der Waals surface area contributed by atoms with Gasteiger partial charge in [0.05, 0.1) is 5.02 Å². The maximum atomic E-state index is 12.8. The summed E-state index contributed by atoms with van der Waals surface area (Å²) in [6.45, 7) is 4.79. The van der Waals surface area contributed by atoms with Crippen LogP contribution in [0.1, 0.15) is 39.5 Å². The van der Waals surface area contributed by atoms with Crippen LogP contribution in [-0.4, -0.2) is 31.7 Å². The van der Waals surface area contributed by atoms with Crippen LogP contribution in [0.4, 0.5) is 5.69 Å². The first-order chi connectivity index (χ1) is 10.9. The van der Waals surface area contributed by atoms with Crippen molar-refractivity contribution in [3.8, 4) is 0 Å². The lowest BCUT2D eigenvalue weighted by molar-refractivity contribution is -0.119. The van der Waals surface area contributed by atoms with Gasteiger partial charge in [-0.2, -0.15) is 4.31 Å². The molecule has 0 aromatic heterocycles. The van der Waals surface area contributed by atoms with Crippen molar-refractivity contribution in [1.82, 2.24) is 4.31 Å². The summed E-state index contributed by atoms with van der Waals surface area (Å²) in [5.41, 5.74) is 0.454. The summed E-state index contributed by atoms with van der Waals surface area (Å²) in [5, 5.41) is 2.93. The highest BCUT2D eigenvalue weighted by Crippen LogP contribution is 2.29. The van der Waals surface area contributed by atoms with E-state index in [4.69, 9.17) is 11.6 Å². The summed E-state index contributed by atoms with van der Waals surface area (Å²) >= 11 is 6.11. The Labute approximate surface area is 143 Å². The molecule has 1 aromatic rings. The van der Waals surface area contributed by atoms with Crippen LogP contribution in [0.2, 0.25) is 5.02 Å². The predicted molar refractivity (Wildman–Crippen MR) is 92.1 cm³/mol. The number of hydrogen-bond donors (Lipinski definition) is 1. The summed E-state index contributed by atoms with van der Waals surface area (Å²) in [7, 11) is -3.63. The highest BCUT2D eigenvalue weighted by atomic mass is 35.5. The van der Waals surface area contributed by atoms with Gasteiger partial charge in [0, 0.05) is 24.7 Å². The average Bonchev–Trinajstić information content (AvgIpc) is 2.56. The zero-order valence-corrected chi connectivity index (χ0v) is 15.1. The van der Waals surface area contributed by atoms with Crippen LogP contribution < -0.4 is 5.32 Å². The second kappa shape index (κ2) is 7.64. The average molecular weight is 359 g/mol. The number of benzene rings is 1. The number of carbonyl (C=O) groups excluding carboxylic acids is 1. The van der Waals surface area contributed by atoms with E-state index in [0.717, 1.165) is 25.7 Å². The van der Waals surface area contributed by atoms with Crippen molar-refractivity contribution < 1.29 is 13.2 Å². The normalized spacial score (nSPS) is 17.7. The Morgan fingerprint density at radius 3 is 2.57 bits per heavy atom. The van der Waals surface area contributed by atoms with Crippen molar-refractivity contribution in [1.29, 1.82) is 0 Å².